The Morgan fingerprint density at radius 2 is 2.10 bits per heavy atom. The van der Waals surface area contributed by atoms with Gasteiger partial charge in [-0.2, -0.15) is 13.2 Å². The minimum Gasteiger partial charge on any atom is -0.384 e. The first-order valence-electron chi connectivity index (χ1n) is 6.88. The number of anilines is 1. The molecule has 1 aromatic rings. The predicted octanol–water partition coefficient (Wildman–Crippen LogP) is 4.46. The Labute approximate surface area is 120 Å². The quantitative estimate of drug-likeness (QED) is 0.660. The highest BCUT2D eigenvalue weighted by Crippen LogP contribution is 2.38. The molecule has 1 fully saturated rings. The maximum Gasteiger partial charge on any atom is 0.418 e. The van der Waals surface area contributed by atoms with Crippen molar-refractivity contribution < 1.29 is 18.1 Å². The first-order valence-corrected chi connectivity index (χ1v) is 6.88. The van der Waals surface area contributed by atoms with Gasteiger partial charge >= 0.3 is 6.18 Å². The third-order valence-electron chi connectivity index (χ3n) is 4.11. The third kappa shape index (κ3) is 3.65. The molecule has 0 bridgehead atoms. The summed E-state index contributed by atoms with van der Waals surface area (Å²) in [7, 11) is 0. The summed E-state index contributed by atoms with van der Waals surface area (Å²) in [5, 5.41) is 13.4. The van der Waals surface area contributed by atoms with Crippen LogP contribution in [0.3, 0.4) is 0 Å². The van der Waals surface area contributed by atoms with Gasteiger partial charge in [-0.3, -0.25) is 10.1 Å². The van der Waals surface area contributed by atoms with E-state index in [9.17, 15) is 23.3 Å². The summed E-state index contributed by atoms with van der Waals surface area (Å²) in [5.74, 6) is 0.839. The number of halogens is 3. The van der Waals surface area contributed by atoms with Gasteiger partial charge in [0.2, 0.25) is 0 Å². The fourth-order valence-corrected chi connectivity index (χ4v) is 2.80. The van der Waals surface area contributed by atoms with E-state index in [1.54, 1.807) is 0 Å². The number of rotatable bonds is 4. The van der Waals surface area contributed by atoms with Crippen LogP contribution in [0.25, 0.3) is 0 Å². The van der Waals surface area contributed by atoms with Crippen molar-refractivity contribution in [3.63, 3.8) is 0 Å². The molecule has 1 saturated carbocycles. The molecule has 2 rings (SSSR count). The number of hydrogen-bond acceptors (Lipinski definition) is 3. The van der Waals surface area contributed by atoms with Gasteiger partial charge in [-0.15, -0.1) is 0 Å². The van der Waals surface area contributed by atoms with Crippen LogP contribution in [0, 0.1) is 22.0 Å². The summed E-state index contributed by atoms with van der Waals surface area (Å²) in [6, 6.07) is 2.82. The van der Waals surface area contributed by atoms with Crippen molar-refractivity contribution in [2.24, 2.45) is 11.8 Å². The van der Waals surface area contributed by atoms with Crippen molar-refractivity contribution in [1.29, 1.82) is 0 Å². The Kier molecular flexibility index (Phi) is 4.39. The molecule has 0 heterocycles. The molecule has 0 aliphatic heterocycles. The first-order chi connectivity index (χ1) is 9.79. The first kappa shape index (κ1) is 15.6. The van der Waals surface area contributed by atoms with E-state index in [0.717, 1.165) is 31.4 Å². The Hall–Kier alpha value is -1.79. The van der Waals surface area contributed by atoms with E-state index in [2.05, 4.69) is 12.2 Å². The van der Waals surface area contributed by atoms with Gasteiger partial charge in [-0.05, 0) is 24.3 Å². The molecule has 7 heteroatoms. The number of alkyl halides is 3. The third-order valence-corrected chi connectivity index (χ3v) is 4.11. The molecule has 1 N–H and O–H groups in total. The highest BCUT2D eigenvalue weighted by Gasteiger charge is 2.35. The minimum absolute atomic E-state index is 0.0906. The molecule has 2 atom stereocenters. The molecule has 1 aromatic carbocycles. The zero-order chi connectivity index (χ0) is 15.6. The molecule has 0 radical (unpaired) electrons. The Bertz CT molecular complexity index is 531. The highest BCUT2D eigenvalue weighted by atomic mass is 19.4. The fraction of sp³-hybridized carbons (Fsp3) is 0.571. The van der Waals surface area contributed by atoms with Gasteiger partial charge in [0.05, 0.1) is 10.5 Å². The van der Waals surface area contributed by atoms with Crippen molar-refractivity contribution in [1.82, 2.24) is 0 Å². The van der Waals surface area contributed by atoms with E-state index >= 15 is 0 Å². The van der Waals surface area contributed by atoms with Crippen LogP contribution >= 0.6 is 0 Å². The van der Waals surface area contributed by atoms with E-state index < -0.39 is 22.4 Å². The minimum atomic E-state index is -4.62. The molecule has 1 aliphatic rings. The Morgan fingerprint density at radius 3 is 2.62 bits per heavy atom. The number of nitro benzene ring substituents is 1. The normalized spacial score (nSPS) is 22.3. The summed E-state index contributed by atoms with van der Waals surface area (Å²) in [5.41, 5.74) is -1.63. The number of hydrogen-bond donors (Lipinski definition) is 1. The van der Waals surface area contributed by atoms with E-state index in [1.807, 2.05) is 0 Å². The van der Waals surface area contributed by atoms with Crippen molar-refractivity contribution >= 4 is 11.4 Å². The van der Waals surface area contributed by atoms with Crippen molar-refractivity contribution in [2.45, 2.75) is 32.4 Å². The van der Waals surface area contributed by atoms with Crippen LogP contribution in [0.4, 0.5) is 24.5 Å². The topological polar surface area (TPSA) is 55.2 Å². The molecule has 4 nitrogen and oxygen atoms in total. The lowest BCUT2D eigenvalue weighted by molar-refractivity contribution is -0.385. The van der Waals surface area contributed by atoms with Crippen LogP contribution in [0.2, 0.25) is 0 Å². The zero-order valence-corrected chi connectivity index (χ0v) is 11.6. The lowest BCUT2D eigenvalue weighted by atomic mass is 9.98. The summed E-state index contributed by atoms with van der Waals surface area (Å²) < 4.78 is 39.0. The Morgan fingerprint density at radius 1 is 1.38 bits per heavy atom. The van der Waals surface area contributed by atoms with E-state index in [1.165, 1.54) is 0 Å². The van der Waals surface area contributed by atoms with E-state index in [4.69, 9.17) is 0 Å². The van der Waals surface area contributed by atoms with Gasteiger partial charge in [0, 0.05) is 24.4 Å². The van der Waals surface area contributed by atoms with Gasteiger partial charge < -0.3 is 5.32 Å². The lowest BCUT2D eigenvalue weighted by Gasteiger charge is -2.19. The summed E-state index contributed by atoms with van der Waals surface area (Å²) in [4.78, 5) is 9.80. The van der Waals surface area contributed by atoms with Crippen molar-refractivity contribution in [2.75, 3.05) is 11.9 Å². The van der Waals surface area contributed by atoms with Crippen LogP contribution in [-0.4, -0.2) is 11.5 Å². The number of nitrogens with one attached hydrogen (secondary N) is 1. The van der Waals surface area contributed by atoms with Crippen LogP contribution in [0.5, 0.6) is 0 Å². The summed E-state index contributed by atoms with van der Waals surface area (Å²) in [6.45, 7) is 2.56. The monoisotopic (exact) mass is 302 g/mol. The molecule has 21 heavy (non-hydrogen) atoms. The van der Waals surface area contributed by atoms with Gasteiger partial charge in [0.15, 0.2) is 0 Å². The molecule has 116 valence electrons. The molecule has 0 amide bonds. The van der Waals surface area contributed by atoms with Crippen LogP contribution in [0.1, 0.15) is 31.7 Å². The summed E-state index contributed by atoms with van der Waals surface area (Å²) in [6.07, 6.45) is -1.42. The smallest absolute Gasteiger partial charge is 0.384 e. The fourth-order valence-electron chi connectivity index (χ4n) is 2.80. The molecule has 1 aliphatic carbocycles. The molecule has 2 unspecified atom stereocenters. The van der Waals surface area contributed by atoms with Gasteiger partial charge in [0.1, 0.15) is 0 Å². The van der Waals surface area contributed by atoms with Crippen LogP contribution < -0.4 is 5.32 Å². The summed E-state index contributed by atoms with van der Waals surface area (Å²) >= 11 is 0. The molecule has 0 saturated heterocycles. The van der Waals surface area contributed by atoms with Gasteiger partial charge in [-0.1, -0.05) is 19.8 Å². The number of nitrogens with zero attached hydrogens (tertiary/aromatic N) is 1. The standard InChI is InChI=1S/C14H17F3N2O2/c1-9-3-2-4-10(9)8-18-13-6-5-11(19(20)21)7-12(13)14(15,16)17/h5-7,9-10,18H,2-4,8H2,1H3. The van der Waals surface area contributed by atoms with Crippen molar-refractivity contribution in [3.8, 4) is 0 Å². The average Bonchev–Trinajstić information content (AvgIpc) is 2.80. The zero-order valence-electron chi connectivity index (χ0n) is 11.6. The molecular weight excluding hydrogens is 285 g/mol. The molecular formula is C14H17F3N2O2. The maximum absolute atomic E-state index is 13.0. The number of benzene rings is 1. The predicted molar refractivity (Wildman–Crippen MR) is 73.1 cm³/mol. The second-order valence-electron chi connectivity index (χ2n) is 5.53. The van der Waals surface area contributed by atoms with Gasteiger partial charge in [0.25, 0.3) is 5.69 Å². The van der Waals surface area contributed by atoms with Gasteiger partial charge in [-0.25, -0.2) is 0 Å². The number of non-ortho nitro benzene ring substituents is 1. The Balaban J connectivity index is 2.19. The second kappa shape index (κ2) is 5.91. The largest absolute Gasteiger partial charge is 0.418 e. The molecule has 0 aromatic heterocycles. The van der Waals surface area contributed by atoms with Crippen LogP contribution in [-0.2, 0) is 6.18 Å². The van der Waals surface area contributed by atoms with Crippen LogP contribution in [0.15, 0.2) is 18.2 Å². The maximum atomic E-state index is 13.0. The number of nitro groups is 1. The lowest BCUT2D eigenvalue weighted by Crippen LogP contribution is -2.19. The molecule has 0 spiro atoms. The van der Waals surface area contributed by atoms with E-state index in [-0.39, 0.29) is 5.69 Å². The van der Waals surface area contributed by atoms with E-state index in [0.29, 0.717) is 24.4 Å². The highest BCUT2D eigenvalue weighted by molar-refractivity contribution is 5.57. The second-order valence-corrected chi connectivity index (χ2v) is 5.53. The average molecular weight is 302 g/mol. The van der Waals surface area contributed by atoms with Crippen molar-refractivity contribution in [3.05, 3.63) is 33.9 Å². The SMILES string of the molecule is CC1CCCC1CNc1ccc([N+](=O)[O-])cc1C(F)(F)F.